The topological polar surface area (TPSA) is 33.6 Å². The number of hydrogen-bond acceptors (Lipinski definition) is 3. The van der Waals surface area contributed by atoms with Crippen LogP contribution in [0.5, 0.6) is 5.75 Å². The largest absolute Gasteiger partial charge is 0.496 e. The van der Waals surface area contributed by atoms with Crippen molar-refractivity contribution in [1.82, 2.24) is 5.43 Å². The van der Waals surface area contributed by atoms with Crippen molar-refractivity contribution in [2.75, 3.05) is 13.7 Å². The molecule has 3 nitrogen and oxygen atoms in total. The molecule has 0 radical (unpaired) electrons. The van der Waals surface area contributed by atoms with Gasteiger partial charge in [-0.2, -0.15) is 5.10 Å². The lowest BCUT2D eigenvalue weighted by molar-refractivity contribution is 0.409. The highest BCUT2D eigenvalue weighted by Gasteiger charge is 2.16. The van der Waals surface area contributed by atoms with Gasteiger partial charge in [0.15, 0.2) is 0 Å². The molecule has 1 aliphatic heterocycles. The minimum atomic E-state index is 0.344. The van der Waals surface area contributed by atoms with Crippen LogP contribution in [-0.2, 0) is 0 Å². The van der Waals surface area contributed by atoms with Gasteiger partial charge >= 0.3 is 0 Å². The lowest BCUT2D eigenvalue weighted by Crippen LogP contribution is -2.09. The first kappa shape index (κ1) is 8.10. The van der Waals surface area contributed by atoms with Crippen molar-refractivity contribution in [3.8, 4) is 5.75 Å². The zero-order valence-electron chi connectivity index (χ0n) is 7.53. The van der Waals surface area contributed by atoms with E-state index in [-0.39, 0.29) is 0 Å². The fourth-order valence-corrected chi connectivity index (χ4v) is 1.51. The number of methoxy groups -OCH3 is 1. The number of hydrazone groups is 1. The van der Waals surface area contributed by atoms with E-state index >= 15 is 0 Å². The van der Waals surface area contributed by atoms with Crippen LogP contribution >= 0.6 is 0 Å². The van der Waals surface area contributed by atoms with Crippen molar-refractivity contribution in [3.05, 3.63) is 29.8 Å². The number of rotatable bonds is 2. The molecule has 0 saturated carbocycles. The van der Waals surface area contributed by atoms with Crippen molar-refractivity contribution in [3.63, 3.8) is 0 Å². The average molecular weight is 176 g/mol. The van der Waals surface area contributed by atoms with Gasteiger partial charge in [0.1, 0.15) is 5.75 Å². The Morgan fingerprint density at radius 3 is 3.00 bits per heavy atom. The summed E-state index contributed by atoms with van der Waals surface area (Å²) in [5, 5.41) is 3.99. The van der Waals surface area contributed by atoms with E-state index in [1.54, 1.807) is 7.11 Å². The zero-order valence-corrected chi connectivity index (χ0v) is 7.53. The van der Waals surface area contributed by atoms with Crippen LogP contribution in [0.25, 0.3) is 0 Å². The molecule has 1 atom stereocenters. The Morgan fingerprint density at radius 1 is 1.46 bits per heavy atom. The highest BCUT2D eigenvalue weighted by Crippen LogP contribution is 2.25. The molecule has 0 spiro atoms. The minimum Gasteiger partial charge on any atom is -0.496 e. The van der Waals surface area contributed by atoms with Crippen LogP contribution in [-0.4, -0.2) is 19.9 Å². The molecule has 1 aromatic rings. The van der Waals surface area contributed by atoms with Crippen molar-refractivity contribution in [2.45, 2.75) is 5.92 Å². The summed E-state index contributed by atoms with van der Waals surface area (Å²) in [6.07, 6.45) is 1.91. The van der Waals surface area contributed by atoms with E-state index in [0.29, 0.717) is 5.92 Å². The van der Waals surface area contributed by atoms with Gasteiger partial charge in [-0.15, -0.1) is 0 Å². The SMILES string of the molecule is COc1ccccc1[C@H]1C=NNC1. The van der Waals surface area contributed by atoms with Crippen LogP contribution in [0.3, 0.4) is 0 Å². The summed E-state index contributed by atoms with van der Waals surface area (Å²) >= 11 is 0. The molecule has 1 aromatic carbocycles. The maximum Gasteiger partial charge on any atom is 0.122 e. The molecule has 0 aliphatic carbocycles. The molecule has 0 bridgehead atoms. The summed E-state index contributed by atoms with van der Waals surface area (Å²) in [5.41, 5.74) is 4.13. The van der Waals surface area contributed by atoms with E-state index in [2.05, 4.69) is 16.6 Å². The standard InChI is InChI=1S/C10H12N2O/c1-13-10-5-3-2-4-9(10)8-6-11-12-7-8/h2-6,8,12H,7H2,1H3/t8-/m0/s1. The van der Waals surface area contributed by atoms with E-state index in [9.17, 15) is 0 Å². The molecular formula is C10H12N2O. The Morgan fingerprint density at radius 2 is 2.31 bits per heavy atom. The van der Waals surface area contributed by atoms with Gasteiger partial charge in [-0.1, -0.05) is 18.2 Å². The monoisotopic (exact) mass is 176 g/mol. The highest BCUT2D eigenvalue weighted by molar-refractivity contribution is 5.71. The normalized spacial score (nSPS) is 19.9. The molecule has 1 aliphatic rings. The molecule has 0 unspecified atom stereocenters. The van der Waals surface area contributed by atoms with E-state index < -0.39 is 0 Å². The van der Waals surface area contributed by atoms with Gasteiger partial charge in [-0.3, -0.25) is 0 Å². The van der Waals surface area contributed by atoms with Crippen molar-refractivity contribution in [2.24, 2.45) is 5.10 Å². The van der Waals surface area contributed by atoms with Gasteiger partial charge in [0.05, 0.1) is 7.11 Å². The second-order valence-corrected chi connectivity index (χ2v) is 2.99. The third-order valence-electron chi connectivity index (χ3n) is 2.20. The quantitative estimate of drug-likeness (QED) is 0.738. The van der Waals surface area contributed by atoms with E-state index in [1.165, 1.54) is 5.56 Å². The number of benzene rings is 1. The summed E-state index contributed by atoms with van der Waals surface area (Å²) in [5.74, 6) is 1.28. The molecule has 1 N–H and O–H groups in total. The highest BCUT2D eigenvalue weighted by atomic mass is 16.5. The van der Waals surface area contributed by atoms with Gasteiger partial charge in [0.25, 0.3) is 0 Å². The van der Waals surface area contributed by atoms with Crippen LogP contribution in [0.1, 0.15) is 11.5 Å². The molecular weight excluding hydrogens is 164 g/mol. The molecule has 0 saturated heterocycles. The smallest absolute Gasteiger partial charge is 0.122 e. The second-order valence-electron chi connectivity index (χ2n) is 2.99. The Kier molecular flexibility index (Phi) is 2.17. The van der Waals surface area contributed by atoms with Crippen LogP contribution < -0.4 is 10.2 Å². The van der Waals surface area contributed by atoms with Crippen LogP contribution in [0.4, 0.5) is 0 Å². The van der Waals surface area contributed by atoms with Gasteiger partial charge in [-0.05, 0) is 6.07 Å². The number of ether oxygens (including phenoxy) is 1. The molecule has 0 aromatic heterocycles. The number of nitrogens with zero attached hydrogens (tertiary/aromatic N) is 1. The average Bonchev–Trinajstić information content (AvgIpc) is 2.70. The molecule has 68 valence electrons. The lowest BCUT2D eigenvalue weighted by Gasteiger charge is -2.10. The Balaban J connectivity index is 2.32. The number of para-hydroxylation sites is 1. The second kappa shape index (κ2) is 3.47. The number of nitrogens with one attached hydrogen (secondary N) is 1. The predicted octanol–water partition coefficient (Wildman–Crippen LogP) is 1.37. The molecule has 13 heavy (non-hydrogen) atoms. The molecule has 0 amide bonds. The van der Waals surface area contributed by atoms with E-state index in [4.69, 9.17) is 4.74 Å². The number of hydrogen-bond donors (Lipinski definition) is 1. The predicted molar refractivity (Wildman–Crippen MR) is 52.2 cm³/mol. The third-order valence-corrected chi connectivity index (χ3v) is 2.20. The van der Waals surface area contributed by atoms with Gasteiger partial charge in [-0.25, -0.2) is 0 Å². The summed E-state index contributed by atoms with van der Waals surface area (Å²) in [4.78, 5) is 0. The maximum absolute atomic E-state index is 5.27. The third kappa shape index (κ3) is 1.49. The van der Waals surface area contributed by atoms with E-state index in [0.717, 1.165) is 12.3 Å². The lowest BCUT2D eigenvalue weighted by atomic mass is 10.0. The summed E-state index contributed by atoms with van der Waals surface area (Å²) < 4.78 is 5.27. The van der Waals surface area contributed by atoms with Gasteiger partial charge in [0.2, 0.25) is 0 Å². The molecule has 2 rings (SSSR count). The fourth-order valence-electron chi connectivity index (χ4n) is 1.51. The molecule has 1 heterocycles. The fraction of sp³-hybridized carbons (Fsp3) is 0.300. The van der Waals surface area contributed by atoms with Crippen molar-refractivity contribution < 1.29 is 4.74 Å². The summed E-state index contributed by atoms with van der Waals surface area (Å²) in [6.45, 7) is 0.861. The minimum absolute atomic E-state index is 0.344. The van der Waals surface area contributed by atoms with Gasteiger partial charge < -0.3 is 10.2 Å². The Labute approximate surface area is 77.4 Å². The summed E-state index contributed by atoms with van der Waals surface area (Å²) in [6, 6.07) is 8.04. The molecule has 3 heteroatoms. The summed E-state index contributed by atoms with van der Waals surface area (Å²) in [7, 11) is 1.69. The van der Waals surface area contributed by atoms with Crippen LogP contribution in [0.2, 0.25) is 0 Å². The first-order chi connectivity index (χ1) is 6.42. The molecule has 0 fully saturated rings. The van der Waals surface area contributed by atoms with Crippen LogP contribution in [0, 0.1) is 0 Å². The Bertz CT molecular complexity index is 322. The first-order valence-corrected chi connectivity index (χ1v) is 4.31. The maximum atomic E-state index is 5.27. The van der Waals surface area contributed by atoms with E-state index in [1.807, 2.05) is 24.4 Å². The zero-order chi connectivity index (χ0) is 9.10. The van der Waals surface area contributed by atoms with Crippen LogP contribution in [0.15, 0.2) is 29.4 Å². The van der Waals surface area contributed by atoms with Crippen molar-refractivity contribution in [1.29, 1.82) is 0 Å². The first-order valence-electron chi connectivity index (χ1n) is 4.31. The van der Waals surface area contributed by atoms with Gasteiger partial charge in [0, 0.05) is 24.2 Å². The Hall–Kier alpha value is -1.51. The van der Waals surface area contributed by atoms with Crippen molar-refractivity contribution >= 4 is 6.21 Å².